The summed E-state index contributed by atoms with van der Waals surface area (Å²) in [7, 11) is 0. The van der Waals surface area contributed by atoms with Crippen LogP contribution < -0.4 is 0 Å². The molecule has 0 fully saturated rings. The minimum Gasteiger partial charge on any atom is -0.467 e. The molecule has 0 aliphatic carbocycles. The molecule has 0 spiro atoms. The molecule has 26 heavy (non-hydrogen) atoms. The van der Waals surface area contributed by atoms with Gasteiger partial charge in [-0.25, -0.2) is 4.98 Å². The van der Waals surface area contributed by atoms with Gasteiger partial charge in [0.25, 0.3) is 0 Å². The van der Waals surface area contributed by atoms with Crippen molar-refractivity contribution in [3.05, 3.63) is 71.4 Å². The zero-order chi connectivity index (χ0) is 18.1. The Hall–Kier alpha value is -2.31. The molecular weight excluding hydrogens is 364 g/mol. The molecule has 0 saturated carbocycles. The van der Waals surface area contributed by atoms with Crippen molar-refractivity contribution in [1.82, 2.24) is 9.55 Å². The van der Waals surface area contributed by atoms with Gasteiger partial charge in [0.2, 0.25) is 0 Å². The van der Waals surface area contributed by atoms with Crippen LogP contribution in [0.2, 0.25) is 0 Å². The second-order valence-corrected chi connectivity index (χ2v) is 8.36. The van der Waals surface area contributed by atoms with Gasteiger partial charge in [-0.15, -0.1) is 11.3 Å². The second kappa shape index (κ2) is 7.13. The van der Waals surface area contributed by atoms with Crippen LogP contribution in [-0.4, -0.2) is 21.1 Å². The number of thioether (sulfide) groups is 1. The van der Waals surface area contributed by atoms with E-state index in [0.717, 1.165) is 37.3 Å². The van der Waals surface area contributed by atoms with Crippen LogP contribution in [0.15, 0.2) is 57.5 Å². The molecule has 0 aliphatic heterocycles. The quantitative estimate of drug-likeness (QED) is 0.334. The Morgan fingerprint density at radius 3 is 2.85 bits per heavy atom. The first-order valence-electron chi connectivity index (χ1n) is 8.32. The van der Waals surface area contributed by atoms with Gasteiger partial charge in [-0.05, 0) is 44.2 Å². The number of hydrogen-bond acceptors (Lipinski definition) is 5. The van der Waals surface area contributed by atoms with E-state index in [-0.39, 0.29) is 5.78 Å². The number of furan rings is 1. The number of Topliss-reactive ketones (excluding diaryl/α,β-unsaturated/α-hetero) is 1. The highest BCUT2D eigenvalue weighted by Crippen LogP contribution is 2.30. The number of carbonyl (C=O) groups is 1. The third kappa shape index (κ3) is 3.34. The fourth-order valence-electron chi connectivity index (χ4n) is 3.00. The van der Waals surface area contributed by atoms with E-state index in [2.05, 4.69) is 15.6 Å². The summed E-state index contributed by atoms with van der Waals surface area (Å²) in [6, 6.07) is 13.8. The van der Waals surface area contributed by atoms with Crippen molar-refractivity contribution in [3.63, 3.8) is 0 Å². The molecule has 4 rings (SSSR count). The zero-order valence-electron chi connectivity index (χ0n) is 14.6. The average molecular weight is 383 g/mol. The molecule has 0 aliphatic rings. The van der Waals surface area contributed by atoms with Crippen LogP contribution in [0.3, 0.4) is 0 Å². The van der Waals surface area contributed by atoms with Gasteiger partial charge < -0.3 is 8.98 Å². The Bertz CT molecular complexity index is 1030. The molecular formula is C20H18N2O2S2. The monoisotopic (exact) mass is 382 g/mol. The summed E-state index contributed by atoms with van der Waals surface area (Å²) in [5.41, 5.74) is 3.81. The van der Waals surface area contributed by atoms with Gasteiger partial charge in [-0.2, -0.15) is 0 Å². The van der Waals surface area contributed by atoms with E-state index >= 15 is 0 Å². The molecule has 0 unspecified atom stereocenters. The third-order valence-corrected chi connectivity index (χ3v) is 6.55. The van der Waals surface area contributed by atoms with Gasteiger partial charge >= 0.3 is 0 Å². The van der Waals surface area contributed by atoms with Crippen LogP contribution in [0.5, 0.6) is 0 Å². The van der Waals surface area contributed by atoms with Crippen LogP contribution in [0.1, 0.15) is 27.5 Å². The molecule has 3 heterocycles. The summed E-state index contributed by atoms with van der Waals surface area (Å²) in [6.07, 6.45) is 1.67. The predicted molar refractivity (Wildman–Crippen MR) is 106 cm³/mol. The number of thiazole rings is 1. The van der Waals surface area contributed by atoms with Crippen LogP contribution in [0, 0.1) is 13.8 Å². The Morgan fingerprint density at radius 1 is 1.23 bits per heavy atom. The van der Waals surface area contributed by atoms with Crippen molar-refractivity contribution < 1.29 is 9.21 Å². The van der Waals surface area contributed by atoms with Crippen LogP contribution in [-0.2, 0) is 6.54 Å². The number of rotatable bonds is 6. The predicted octanol–water partition coefficient (Wildman–Crippen LogP) is 5.33. The Morgan fingerprint density at radius 2 is 2.08 bits per heavy atom. The molecule has 4 aromatic rings. The van der Waals surface area contributed by atoms with Gasteiger partial charge in [-0.3, -0.25) is 4.79 Å². The fraction of sp³-hybridized carbons (Fsp3) is 0.200. The van der Waals surface area contributed by atoms with Crippen molar-refractivity contribution in [1.29, 1.82) is 0 Å². The molecule has 0 saturated heterocycles. The number of aromatic nitrogens is 2. The lowest BCUT2D eigenvalue weighted by atomic mass is 10.2. The van der Waals surface area contributed by atoms with Gasteiger partial charge in [0, 0.05) is 17.0 Å². The van der Waals surface area contributed by atoms with Crippen LogP contribution in [0.4, 0.5) is 0 Å². The Balaban J connectivity index is 1.49. The summed E-state index contributed by atoms with van der Waals surface area (Å²) in [5.74, 6) is 1.41. The van der Waals surface area contributed by atoms with Gasteiger partial charge in [-0.1, -0.05) is 23.9 Å². The van der Waals surface area contributed by atoms with Crippen molar-refractivity contribution in [2.75, 3.05) is 5.75 Å². The van der Waals surface area contributed by atoms with E-state index in [1.165, 1.54) is 11.8 Å². The lowest BCUT2D eigenvalue weighted by Crippen LogP contribution is -2.07. The third-order valence-electron chi connectivity index (χ3n) is 4.37. The molecule has 1 aromatic carbocycles. The topological polar surface area (TPSA) is 48.0 Å². The van der Waals surface area contributed by atoms with Gasteiger partial charge in [0.15, 0.2) is 10.1 Å². The molecule has 4 nitrogen and oxygen atoms in total. The standard InChI is InChI=1S/C20H18N2O2S2/c1-13-10-16(14(2)22(13)11-15-6-5-9-24-15)18(23)12-25-20-21-17-7-3-4-8-19(17)26-20/h3-10H,11-12H2,1-2H3. The van der Waals surface area contributed by atoms with E-state index in [4.69, 9.17) is 4.42 Å². The fourth-order valence-corrected chi connectivity index (χ4v) is 4.95. The lowest BCUT2D eigenvalue weighted by Gasteiger charge is -2.07. The summed E-state index contributed by atoms with van der Waals surface area (Å²) in [4.78, 5) is 17.3. The smallest absolute Gasteiger partial charge is 0.174 e. The van der Waals surface area contributed by atoms with Crippen LogP contribution in [0.25, 0.3) is 10.2 Å². The van der Waals surface area contributed by atoms with E-state index in [0.29, 0.717) is 12.3 Å². The minimum atomic E-state index is 0.132. The first-order chi connectivity index (χ1) is 12.6. The number of aryl methyl sites for hydroxylation is 1. The van der Waals surface area contributed by atoms with E-state index < -0.39 is 0 Å². The molecule has 132 valence electrons. The van der Waals surface area contributed by atoms with Gasteiger partial charge in [0.05, 0.1) is 28.8 Å². The summed E-state index contributed by atoms with van der Waals surface area (Å²) in [6.45, 7) is 4.65. The largest absolute Gasteiger partial charge is 0.467 e. The van der Waals surface area contributed by atoms with E-state index in [1.54, 1.807) is 17.6 Å². The number of fused-ring (bicyclic) bond motifs is 1. The first kappa shape index (κ1) is 17.1. The number of ketones is 1. The van der Waals surface area contributed by atoms with Crippen molar-refractivity contribution in [3.8, 4) is 0 Å². The molecule has 0 N–H and O–H groups in total. The first-order valence-corrected chi connectivity index (χ1v) is 10.1. The second-order valence-electron chi connectivity index (χ2n) is 6.11. The minimum absolute atomic E-state index is 0.132. The Kier molecular flexibility index (Phi) is 4.70. The number of nitrogens with zero attached hydrogens (tertiary/aromatic N) is 2. The lowest BCUT2D eigenvalue weighted by molar-refractivity contribution is 0.102. The normalized spacial score (nSPS) is 11.3. The Labute approximate surface area is 159 Å². The number of carbonyl (C=O) groups excluding carboxylic acids is 1. The van der Waals surface area contributed by atoms with Crippen LogP contribution >= 0.6 is 23.1 Å². The maximum Gasteiger partial charge on any atom is 0.174 e. The van der Waals surface area contributed by atoms with Crippen molar-refractivity contribution >= 4 is 39.1 Å². The molecule has 0 radical (unpaired) electrons. The highest BCUT2D eigenvalue weighted by atomic mass is 32.2. The van der Waals surface area contributed by atoms with Crippen molar-refractivity contribution in [2.24, 2.45) is 0 Å². The van der Waals surface area contributed by atoms with Crippen molar-refractivity contribution in [2.45, 2.75) is 24.7 Å². The van der Waals surface area contributed by atoms with E-state index in [1.807, 2.05) is 50.2 Å². The molecule has 0 amide bonds. The highest BCUT2D eigenvalue weighted by molar-refractivity contribution is 8.01. The summed E-state index contributed by atoms with van der Waals surface area (Å²) < 4.78 is 9.64. The number of benzene rings is 1. The highest BCUT2D eigenvalue weighted by Gasteiger charge is 2.17. The zero-order valence-corrected chi connectivity index (χ0v) is 16.2. The molecule has 0 bridgehead atoms. The molecule has 6 heteroatoms. The molecule has 0 atom stereocenters. The SMILES string of the molecule is Cc1cc(C(=O)CSc2nc3ccccc3s2)c(C)n1Cc1ccco1. The number of hydrogen-bond donors (Lipinski definition) is 0. The maximum absolute atomic E-state index is 12.7. The maximum atomic E-state index is 12.7. The number of para-hydroxylation sites is 1. The molecule has 3 aromatic heterocycles. The van der Waals surface area contributed by atoms with Gasteiger partial charge in [0.1, 0.15) is 5.76 Å². The summed E-state index contributed by atoms with van der Waals surface area (Å²) in [5, 5.41) is 0. The van der Waals surface area contributed by atoms with E-state index in [9.17, 15) is 4.79 Å². The summed E-state index contributed by atoms with van der Waals surface area (Å²) >= 11 is 3.14. The average Bonchev–Trinajstić information content (AvgIpc) is 3.35.